The summed E-state index contributed by atoms with van der Waals surface area (Å²) in [6, 6.07) is 7.47. The highest BCUT2D eigenvalue weighted by molar-refractivity contribution is 5.94. The first-order valence-electron chi connectivity index (χ1n) is 10.1. The minimum atomic E-state index is -0.391. The average Bonchev–Trinajstić information content (AvgIpc) is 3.00. The van der Waals surface area contributed by atoms with Crippen LogP contribution in [0.25, 0.3) is 0 Å². The quantitative estimate of drug-likeness (QED) is 0.531. The summed E-state index contributed by atoms with van der Waals surface area (Å²) in [6.45, 7) is 6.43. The highest BCUT2D eigenvalue weighted by Crippen LogP contribution is 2.24. The number of nitrogens with zero attached hydrogens (tertiary/aromatic N) is 4. The van der Waals surface area contributed by atoms with E-state index in [-0.39, 0.29) is 24.0 Å². The summed E-state index contributed by atoms with van der Waals surface area (Å²) in [6.07, 6.45) is 3.28. The smallest absolute Gasteiger partial charge is 0.312 e. The van der Waals surface area contributed by atoms with Gasteiger partial charge in [0.05, 0.1) is 11.5 Å². The Balaban J connectivity index is 0.00000320. The van der Waals surface area contributed by atoms with Gasteiger partial charge >= 0.3 is 5.69 Å². The summed E-state index contributed by atoms with van der Waals surface area (Å²) in [4.78, 5) is 25.5. The Morgan fingerprint density at radius 1 is 1.23 bits per heavy atom. The van der Waals surface area contributed by atoms with Gasteiger partial charge < -0.3 is 10.2 Å². The van der Waals surface area contributed by atoms with Gasteiger partial charge in [0.15, 0.2) is 0 Å². The number of benzene rings is 1. The van der Waals surface area contributed by atoms with E-state index in [1.165, 1.54) is 0 Å². The van der Waals surface area contributed by atoms with Crippen LogP contribution in [0, 0.1) is 29.9 Å². The molecule has 2 aromatic rings. The molecule has 3 rings (SSSR count). The van der Waals surface area contributed by atoms with Crippen molar-refractivity contribution in [3.8, 4) is 0 Å². The number of carbonyl (C=O) groups is 1. The van der Waals surface area contributed by atoms with Gasteiger partial charge in [0, 0.05) is 18.7 Å². The number of amides is 1. The van der Waals surface area contributed by atoms with E-state index in [0.717, 1.165) is 44.5 Å². The van der Waals surface area contributed by atoms with Crippen molar-refractivity contribution >= 4 is 24.0 Å². The molecule has 30 heavy (non-hydrogen) atoms. The highest BCUT2D eigenvalue weighted by Gasteiger charge is 2.24. The molecule has 0 aliphatic carbocycles. The van der Waals surface area contributed by atoms with Gasteiger partial charge in [-0.3, -0.25) is 19.6 Å². The fourth-order valence-electron chi connectivity index (χ4n) is 3.99. The van der Waals surface area contributed by atoms with Crippen molar-refractivity contribution in [1.29, 1.82) is 0 Å². The summed E-state index contributed by atoms with van der Waals surface area (Å²) in [7, 11) is 1.97. The van der Waals surface area contributed by atoms with Crippen molar-refractivity contribution < 1.29 is 9.72 Å². The Labute approximate surface area is 183 Å². The van der Waals surface area contributed by atoms with E-state index < -0.39 is 4.92 Å². The zero-order valence-electron chi connectivity index (χ0n) is 17.8. The molecule has 8 nitrogen and oxygen atoms in total. The Morgan fingerprint density at radius 3 is 2.40 bits per heavy atom. The first-order valence-corrected chi connectivity index (χ1v) is 10.1. The van der Waals surface area contributed by atoms with Crippen molar-refractivity contribution in [3.63, 3.8) is 0 Å². The van der Waals surface area contributed by atoms with Gasteiger partial charge in [0.2, 0.25) is 0 Å². The van der Waals surface area contributed by atoms with Crippen LogP contribution in [-0.2, 0) is 6.54 Å². The summed E-state index contributed by atoms with van der Waals surface area (Å²) in [5, 5.41) is 18.6. The molecule has 0 atom stereocenters. The number of hydrogen-bond acceptors (Lipinski definition) is 5. The molecule has 0 radical (unpaired) electrons. The lowest BCUT2D eigenvalue weighted by Crippen LogP contribution is -2.38. The van der Waals surface area contributed by atoms with Gasteiger partial charge in [0.1, 0.15) is 11.4 Å². The van der Waals surface area contributed by atoms with Gasteiger partial charge in [0.25, 0.3) is 5.91 Å². The lowest BCUT2D eigenvalue weighted by Gasteiger charge is -2.32. The van der Waals surface area contributed by atoms with Crippen LogP contribution >= 0.6 is 12.4 Å². The lowest BCUT2D eigenvalue weighted by molar-refractivity contribution is -0.386. The number of aromatic nitrogens is 2. The molecule has 1 fully saturated rings. The molecule has 9 heteroatoms. The molecule has 1 aliphatic heterocycles. The van der Waals surface area contributed by atoms with Crippen LogP contribution in [0.1, 0.15) is 46.6 Å². The Kier molecular flexibility index (Phi) is 8.37. The van der Waals surface area contributed by atoms with Gasteiger partial charge in [-0.25, -0.2) is 0 Å². The SMILES string of the molecule is CNCCC1CCN(C(=O)c2ccc(Cn3nc(C)c([N+](=O)[O-])c3C)cc2)CC1.Cl. The number of halogens is 1. The van der Waals surface area contributed by atoms with E-state index >= 15 is 0 Å². The summed E-state index contributed by atoms with van der Waals surface area (Å²) < 4.78 is 1.64. The second-order valence-electron chi connectivity index (χ2n) is 7.76. The monoisotopic (exact) mass is 435 g/mol. The number of aryl methyl sites for hydroxylation is 1. The van der Waals surface area contributed by atoms with Gasteiger partial charge in [-0.2, -0.15) is 5.10 Å². The zero-order valence-corrected chi connectivity index (χ0v) is 18.6. The maximum absolute atomic E-state index is 12.8. The molecule has 2 heterocycles. The molecule has 1 aromatic carbocycles. The number of hydrogen-bond donors (Lipinski definition) is 1. The van der Waals surface area contributed by atoms with E-state index in [1.54, 1.807) is 18.5 Å². The van der Waals surface area contributed by atoms with Crippen LogP contribution in [-0.4, -0.2) is 52.2 Å². The largest absolute Gasteiger partial charge is 0.339 e. The lowest BCUT2D eigenvalue weighted by atomic mass is 9.93. The molecular formula is C21H30ClN5O3. The molecule has 0 unspecified atom stereocenters. The van der Waals surface area contributed by atoms with Crippen LogP contribution in [0.3, 0.4) is 0 Å². The molecule has 0 bridgehead atoms. The number of nitrogens with one attached hydrogen (secondary N) is 1. The second-order valence-corrected chi connectivity index (χ2v) is 7.76. The zero-order chi connectivity index (χ0) is 21.0. The first kappa shape index (κ1) is 23.8. The van der Waals surface area contributed by atoms with Crippen molar-refractivity contribution in [3.05, 3.63) is 56.9 Å². The molecular weight excluding hydrogens is 406 g/mol. The predicted molar refractivity (Wildman–Crippen MR) is 118 cm³/mol. The molecule has 164 valence electrons. The molecule has 1 aliphatic rings. The first-order chi connectivity index (χ1) is 13.9. The van der Waals surface area contributed by atoms with Gasteiger partial charge in [-0.1, -0.05) is 12.1 Å². The molecule has 1 aromatic heterocycles. The number of piperidine rings is 1. The van der Waals surface area contributed by atoms with Crippen molar-refractivity contribution in [2.45, 2.75) is 39.7 Å². The molecule has 1 saturated heterocycles. The van der Waals surface area contributed by atoms with E-state index in [9.17, 15) is 14.9 Å². The maximum Gasteiger partial charge on any atom is 0.312 e. The van der Waals surface area contributed by atoms with Crippen LogP contribution in [0.15, 0.2) is 24.3 Å². The van der Waals surface area contributed by atoms with Crippen molar-refractivity contribution in [2.75, 3.05) is 26.7 Å². The molecule has 0 spiro atoms. The fourth-order valence-corrected chi connectivity index (χ4v) is 3.99. The van der Waals surface area contributed by atoms with Crippen LogP contribution in [0.5, 0.6) is 0 Å². The van der Waals surface area contributed by atoms with Crippen molar-refractivity contribution in [2.24, 2.45) is 5.92 Å². The van der Waals surface area contributed by atoms with E-state index in [1.807, 2.05) is 36.2 Å². The third-order valence-corrected chi connectivity index (χ3v) is 5.76. The Hall–Kier alpha value is -2.45. The fraction of sp³-hybridized carbons (Fsp3) is 0.524. The van der Waals surface area contributed by atoms with Gasteiger partial charge in [-0.15, -0.1) is 12.4 Å². The molecule has 1 N–H and O–H groups in total. The number of nitro groups is 1. The third kappa shape index (κ3) is 5.37. The Morgan fingerprint density at radius 2 is 1.87 bits per heavy atom. The van der Waals surface area contributed by atoms with Crippen LogP contribution < -0.4 is 5.32 Å². The normalized spacial score (nSPS) is 14.4. The number of likely N-dealkylation sites (tertiary alicyclic amines) is 1. The summed E-state index contributed by atoms with van der Waals surface area (Å²) in [5.41, 5.74) is 2.65. The predicted octanol–water partition coefficient (Wildman–Crippen LogP) is 3.34. The standard InChI is InChI=1S/C21H29N5O3.ClH/c1-15-20(26(28)29)16(2)25(23-15)14-18-4-6-19(7-5-18)21(27)24-12-9-17(10-13-24)8-11-22-3;/h4-7,17,22H,8-14H2,1-3H3;1H. The minimum Gasteiger partial charge on any atom is -0.339 e. The number of carbonyl (C=O) groups excluding carboxylic acids is 1. The summed E-state index contributed by atoms with van der Waals surface area (Å²) in [5.74, 6) is 0.768. The topological polar surface area (TPSA) is 93.3 Å². The molecule has 1 amide bonds. The second kappa shape index (κ2) is 10.5. The van der Waals surface area contributed by atoms with Gasteiger partial charge in [-0.05, 0) is 70.3 Å². The molecule has 0 saturated carbocycles. The van der Waals surface area contributed by atoms with E-state index in [2.05, 4.69) is 10.4 Å². The third-order valence-electron chi connectivity index (χ3n) is 5.76. The maximum atomic E-state index is 12.8. The minimum absolute atomic E-state index is 0. The van der Waals surface area contributed by atoms with Crippen LogP contribution in [0.2, 0.25) is 0 Å². The van der Waals surface area contributed by atoms with Crippen LogP contribution in [0.4, 0.5) is 5.69 Å². The van der Waals surface area contributed by atoms with E-state index in [0.29, 0.717) is 29.4 Å². The highest BCUT2D eigenvalue weighted by atomic mass is 35.5. The summed E-state index contributed by atoms with van der Waals surface area (Å²) >= 11 is 0. The average molecular weight is 436 g/mol. The number of rotatable bonds is 7. The van der Waals surface area contributed by atoms with E-state index in [4.69, 9.17) is 0 Å². The Bertz CT molecular complexity index is 874. The van der Waals surface area contributed by atoms with Crippen molar-refractivity contribution in [1.82, 2.24) is 20.0 Å².